The topological polar surface area (TPSA) is 73.0 Å². The van der Waals surface area contributed by atoms with Crippen molar-refractivity contribution >= 4 is 21.6 Å². The van der Waals surface area contributed by atoms with Crippen LogP contribution in [-0.2, 0) is 14.8 Å². The van der Waals surface area contributed by atoms with E-state index >= 15 is 0 Å². The van der Waals surface area contributed by atoms with Gasteiger partial charge in [-0.3, -0.25) is 9.69 Å². The van der Waals surface area contributed by atoms with Crippen molar-refractivity contribution in [2.45, 2.75) is 17.9 Å². The van der Waals surface area contributed by atoms with E-state index in [1.165, 1.54) is 26.2 Å². The maximum atomic E-state index is 12.5. The highest BCUT2D eigenvalue weighted by Crippen LogP contribution is 2.18. The van der Waals surface area contributed by atoms with E-state index in [4.69, 9.17) is 0 Å². The molecule has 1 saturated heterocycles. The van der Waals surface area contributed by atoms with Crippen LogP contribution in [0.4, 0.5) is 5.69 Å². The molecule has 1 fully saturated rings. The Morgan fingerprint density at radius 1 is 1.21 bits per heavy atom. The SMILES string of the molecule is C[C@H](C(=O)Nc1cccc(S(=O)(=O)N(C)C)c1)N1CCN(C)CC1. The van der Waals surface area contributed by atoms with Crippen molar-refractivity contribution in [3.8, 4) is 0 Å². The van der Waals surface area contributed by atoms with Crippen molar-refractivity contribution in [1.29, 1.82) is 0 Å². The number of likely N-dealkylation sites (N-methyl/N-ethyl adjacent to an activating group) is 1. The normalized spacial score (nSPS) is 18.5. The van der Waals surface area contributed by atoms with Gasteiger partial charge in [0.05, 0.1) is 10.9 Å². The van der Waals surface area contributed by atoms with Gasteiger partial charge in [-0.2, -0.15) is 0 Å². The first-order valence-electron chi connectivity index (χ1n) is 7.98. The molecular formula is C16H26N4O3S. The number of sulfonamides is 1. The number of rotatable bonds is 5. The predicted octanol–water partition coefficient (Wildman–Crippen LogP) is 0.511. The molecule has 1 amide bonds. The largest absolute Gasteiger partial charge is 0.325 e. The number of anilines is 1. The van der Waals surface area contributed by atoms with Gasteiger partial charge in [-0.25, -0.2) is 12.7 Å². The van der Waals surface area contributed by atoms with Crippen molar-refractivity contribution in [2.24, 2.45) is 0 Å². The van der Waals surface area contributed by atoms with Gasteiger partial charge < -0.3 is 10.2 Å². The van der Waals surface area contributed by atoms with Gasteiger partial charge in [0.15, 0.2) is 0 Å². The Morgan fingerprint density at radius 3 is 2.42 bits per heavy atom. The lowest BCUT2D eigenvalue weighted by Gasteiger charge is -2.35. The Labute approximate surface area is 144 Å². The van der Waals surface area contributed by atoms with Crippen molar-refractivity contribution in [1.82, 2.24) is 14.1 Å². The highest BCUT2D eigenvalue weighted by atomic mass is 32.2. The molecule has 0 aliphatic carbocycles. The third kappa shape index (κ3) is 4.32. The molecule has 0 radical (unpaired) electrons. The fourth-order valence-electron chi connectivity index (χ4n) is 2.57. The Kier molecular flexibility index (Phi) is 5.97. The number of hydrogen-bond donors (Lipinski definition) is 1. The Bertz CT molecular complexity index is 682. The molecule has 2 rings (SSSR count). The van der Waals surface area contributed by atoms with Crippen LogP contribution in [0.15, 0.2) is 29.2 Å². The second-order valence-corrected chi connectivity index (χ2v) is 8.47. The molecule has 24 heavy (non-hydrogen) atoms. The first kappa shape index (κ1) is 18.9. The molecule has 1 aliphatic rings. The number of carbonyl (C=O) groups excluding carboxylic acids is 1. The molecule has 8 heteroatoms. The van der Waals surface area contributed by atoms with Crippen LogP contribution in [-0.4, -0.2) is 81.8 Å². The molecule has 0 bridgehead atoms. The Balaban J connectivity index is 2.07. The van der Waals surface area contributed by atoms with Gasteiger partial charge in [-0.1, -0.05) is 6.07 Å². The molecule has 1 aromatic rings. The third-order valence-corrected chi connectivity index (χ3v) is 6.16. The zero-order valence-corrected chi connectivity index (χ0v) is 15.5. The standard InChI is InChI=1S/C16H26N4O3S/c1-13(20-10-8-19(4)9-11-20)16(21)17-14-6-5-7-15(12-14)24(22,23)18(2)3/h5-7,12-13H,8-11H2,1-4H3,(H,17,21)/t13-/m1/s1. The van der Waals surface area contributed by atoms with E-state index in [0.717, 1.165) is 30.5 Å². The van der Waals surface area contributed by atoms with Gasteiger partial charge in [0.1, 0.15) is 0 Å². The zero-order chi connectivity index (χ0) is 17.9. The number of benzene rings is 1. The highest BCUT2D eigenvalue weighted by molar-refractivity contribution is 7.89. The van der Waals surface area contributed by atoms with Crippen molar-refractivity contribution < 1.29 is 13.2 Å². The maximum Gasteiger partial charge on any atom is 0.242 e. The fraction of sp³-hybridized carbons (Fsp3) is 0.562. The Morgan fingerprint density at radius 2 is 1.83 bits per heavy atom. The van der Waals surface area contributed by atoms with E-state index in [0.29, 0.717) is 5.69 Å². The summed E-state index contributed by atoms with van der Waals surface area (Å²) in [6.07, 6.45) is 0. The van der Waals surface area contributed by atoms with Gasteiger partial charge in [-0.15, -0.1) is 0 Å². The minimum atomic E-state index is -3.52. The molecule has 134 valence electrons. The minimum Gasteiger partial charge on any atom is -0.325 e. The van der Waals surface area contributed by atoms with Crippen LogP contribution in [0, 0.1) is 0 Å². The zero-order valence-electron chi connectivity index (χ0n) is 14.7. The first-order valence-corrected chi connectivity index (χ1v) is 9.42. The smallest absolute Gasteiger partial charge is 0.242 e. The van der Waals surface area contributed by atoms with Crippen LogP contribution < -0.4 is 5.32 Å². The van der Waals surface area contributed by atoms with Crippen LogP contribution in [0.2, 0.25) is 0 Å². The lowest BCUT2D eigenvalue weighted by molar-refractivity contribution is -0.121. The van der Waals surface area contributed by atoms with Crippen molar-refractivity contribution in [2.75, 3.05) is 52.6 Å². The van der Waals surface area contributed by atoms with Crippen LogP contribution >= 0.6 is 0 Å². The summed E-state index contributed by atoms with van der Waals surface area (Å²) in [5.74, 6) is -0.126. The highest BCUT2D eigenvalue weighted by Gasteiger charge is 2.25. The number of nitrogens with one attached hydrogen (secondary N) is 1. The van der Waals surface area contributed by atoms with Gasteiger partial charge in [-0.05, 0) is 32.2 Å². The minimum absolute atomic E-state index is 0.126. The summed E-state index contributed by atoms with van der Waals surface area (Å²) in [7, 11) is 1.52. The predicted molar refractivity (Wildman–Crippen MR) is 94.5 cm³/mol. The van der Waals surface area contributed by atoms with Crippen molar-refractivity contribution in [3.63, 3.8) is 0 Å². The second kappa shape index (κ2) is 7.60. The van der Waals surface area contributed by atoms with Crippen LogP contribution in [0.1, 0.15) is 6.92 Å². The van der Waals surface area contributed by atoms with E-state index < -0.39 is 10.0 Å². The molecule has 0 unspecified atom stereocenters. The molecule has 7 nitrogen and oxygen atoms in total. The molecule has 1 aliphatic heterocycles. The molecule has 0 spiro atoms. The van der Waals surface area contributed by atoms with Gasteiger partial charge >= 0.3 is 0 Å². The summed E-state index contributed by atoms with van der Waals surface area (Å²) >= 11 is 0. The maximum absolute atomic E-state index is 12.5. The Hall–Kier alpha value is -1.48. The number of amides is 1. The summed E-state index contributed by atoms with van der Waals surface area (Å²) in [5, 5.41) is 2.82. The van der Waals surface area contributed by atoms with Crippen LogP contribution in [0.5, 0.6) is 0 Å². The lowest BCUT2D eigenvalue weighted by atomic mass is 10.2. The molecule has 1 heterocycles. The van der Waals surface area contributed by atoms with Crippen LogP contribution in [0.3, 0.4) is 0 Å². The summed E-state index contributed by atoms with van der Waals surface area (Å²) in [5.41, 5.74) is 0.490. The molecule has 0 aromatic heterocycles. The van der Waals surface area contributed by atoms with Gasteiger partial charge in [0.2, 0.25) is 15.9 Å². The number of carbonyl (C=O) groups is 1. The number of hydrogen-bond acceptors (Lipinski definition) is 5. The summed E-state index contributed by atoms with van der Waals surface area (Å²) in [4.78, 5) is 17.0. The summed E-state index contributed by atoms with van der Waals surface area (Å²) in [6, 6.07) is 6.09. The molecule has 1 atom stereocenters. The monoisotopic (exact) mass is 354 g/mol. The molecule has 1 N–H and O–H groups in total. The molecular weight excluding hydrogens is 328 g/mol. The summed E-state index contributed by atoms with van der Waals surface area (Å²) in [6.45, 7) is 5.45. The van der Waals surface area contributed by atoms with Gasteiger partial charge in [0.25, 0.3) is 0 Å². The second-order valence-electron chi connectivity index (χ2n) is 6.32. The lowest BCUT2D eigenvalue weighted by Crippen LogP contribution is -2.51. The average Bonchev–Trinajstić information content (AvgIpc) is 2.55. The van der Waals surface area contributed by atoms with Crippen LogP contribution in [0.25, 0.3) is 0 Å². The van der Waals surface area contributed by atoms with Gasteiger partial charge in [0, 0.05) is 46.0 Å². The average molecular weight is 354 g/mol. The van der Waals surface area contributed by atoms with Crippen molar-refractivity contribution in [3.05, 3.63) is 24.3 Å². The fourth-order valence-corrected chi connectivity index (χ4v) is 3.51. The van der Waals surface area contributed by atoms with E-state index in [2.05, 4.69) is 22.2 Å². The van der Waals surface area contributed by atoms with E-state index in [1.807, 2.05) is 6.92 Å². The molecule has 0 saturated carbocycles. The van der Waals surface area contributed by atoms with E-state index in [9.17, 15) is 13.2 Å². The quantitative estimate of drug-likeness (QED) is 0.834. The summed E-state index contributed by atoms with van der Waals surface area (Å²) < 4.78 is 25.5. The number of piperazine rings is 1. The third-order valence-electron chi connectivity index (χ3n) is 4.35. The number of nitrogens with zero attached hydrogens (tertiary/aromatic N) is 3. The molecule has 1 aromatic carbocycles. The van der Waals surface area contributed by atoms with E-state index in [1.54, 1.807) is 12.1 Å². The first-order chi connectivity index (χ1) is 11.2. The van der Waals surface area contributed by atoms with E-state index in [-0.39, 0.29) is 16.8 Å².